The number of hydrogen-bond donors (Lipinski definition) is 1. The number of hydrogen-bond acceptors (Lipinski definition) is 3. The lowest BCUT2D eigenvalue weighted by Gasteiger charge is -2.32. The first-order chi connectivity index (χ1) is 8.97. The highest BCUT2D eigenvalue weighted by atomic mass is 16.2. The Labute approximate surface area is 117 Å². The lowest BCUT2D eigenvalue weighted by atomic mass is 9.83. The van der Waals surface area contributed by atoms with E-state index in [9.17, 15) is 10.1 Å². The van der Waals surface area contributed by atoms with Gasteiger partial charge in [-0.15, -0.1) is 0 Å². The maximum Gasteiger partial charge on any atom is 0.235 e. The van der Waals surface area contributed by atoms with E-state index in [1.807, 2.05) is 11.9 Å². The van der Waals surface area contributed by atoms with Gasteiger partial charge in [-0.25, -0.2) is 0 Å². The highest BCUT2D eigenvalue weighted by molar-refractivity contribution is 5.79. The molecule has 0 bridgehead atoms. The van der Waals surface area contributed by atoms with Crippen molar-refractivity contribution in [2.24, 2.45) is 5.92 Å². The Balaban J connectivity index is 2.39. The van der Waals surface area contributed by atoms with E-state index in [-0.39, 0.29) is 5.91 Å². The molecule has 108 valence electrons. The predicted molar refractivity (Wildman–Crippen MR) is 76.5 cm³/mol. The molecule has 1 rings (SSSR count). The van der Waals surface area contributed by atoms with Gasteiger partial charge < -0.3 is 5.32 Å². The lowest BCUT2D eigenvalue weighted by molar-refractivity contribution is -0.123. The smallest absolute Gasteiger partial charge is 0.235 e. The molecule has 1 fully saturated rings. The van der Waals surface area contributed by atoms with Crippen LogP contribution in [0.2, 0.25) is 0 Å². The average molecular weight is 265 g/mol. The van der Waals surface area contributed by atoms with Gasteiger partial charge in [0.15, 0.2) is 0 Å². The van der Waals surface area contributed by atoms with Gasteiger partial charge in [-0.3, -0.25) is 9.69 Å². The quantitative estimate of drug-likeness (QED) is 0.801. The number of likely N-dealkylation sites (N-methyl/N-ethyl adjacent to an activating group) is 1. The largest absolute Gasteiger partial charge is 0.337 e. The van der Waals surface area contributed by atoms with E-state index >= 15 is 0 Å². The van der Waals surface area contributed by atoms with Crippen LogP contribution in [-0.4, -0.2) is 36.5 Å². The third kappa shape index (κ3) is 5.61. The van der Waals surface area contributed by atoms with Gasteiger partial charge in [-0.1, -0.05) is 33.1 Å². The second-order valence-corrected chi connectivity index (χ2v) is 6.22. The highest BCUT2D eigenvalue weighted by Gasteiger charge is 2.33. The molecule has 1 aliphatic rings. The van der Waals surface area contributed by atoms with Crippen LogP contribution >= 0.6 is 0 Å². The van der Waals surface area contributed by atoms with Crippen LogP contribution in [0.1, 0.15) is 52.4 Å². The lowest BCUT2D eigenvalue weighted by Crippen LogP contribution is -2.51. The summed E-state index contributed by atoms with van der Waals surface area (Å²) in [5.74, 6) is 0.629. The van der Waals surface area contributed by atoms with Gasteiger partial charge in [0, 0.05) is 0 Å². The van der Waals surface area contributed by atoms with E-state index < -0.39 is 5.54 Å². The average Bonchev–Trinajstić information content (AvgIpc) is 2.37. The van der Waals surface area contributed by atoms with Crippen LogP contribution in [0.3, 0.4) is 0 Å². The van der Waals surface area contributed by atoms with Gasteiger partial charge in [0.2, 0.25) is 5.91 Å². The van der Waals surface area contributed by atoms with Gasteiger partial charge in [0.25, 0.3) is 0 Å². The Bertz CT molecular complexity index is 327. The predicted octanol–water partition coefficient (Wildman–Crippen LogP) is 2.31. The molecule has 0 heterocycles. The number of carbonyl (C=O) groups excluding carboxylic acids is 1. The zero-order valence-corrected chi connectivity index (χ0v) is 12.5. The molecule has 0 aromatic carbocycles. The van der Waals surface area contributed by atoms with Gasteiger partial charge >= 0.3 is 0 Å². The molecule has 4 nitrogen and oxygen atoms in total. The monoisotopic (exact) mass is 265 g/mol. The van der Waals surface area contributed by atoms with Gasteiger partial charge in [0.1, 0.15) is 5.54 Å². The van der Waals surface area contributed by atoms with Crippen LogP contribution in [0, 0.1) is 17.2 Å². The van der Waals surface area contributed by atoms with E-state index in [4.69, 9.17) is 0 Å². The van der Waals surface area contributed by atoms with Gasteiger partial charge in [-0.05, 0) is 38.8 Å². The summed E-state index contributed by atoms with van der Waals surface area (Å²) >= 11 is 0. The zero-order chi connectivity index (χ0) is 14.3. The van der Waals surface area contributed by atoms with Crippen LogP contribution in [-0.2, 0) is 4.79 Å². The fourth-order valence-corrected chi connectivity index (χ4v) is 2.53. The van der Waals surface area contributed by atoms with E-state index in [0.717, 1.165) is 38.6 Å². The van der Waals surface area contributed by atoms with Crippen molar-refractivity contribution in [3.8, 4) is 6.07 Å². The van der Waals surface area contributed by atoms with Crippen LogP contribution in [0.5, 0.6) is 0 Å². The fourth-order valence-electron chi connectivity index (χ4n) is 2.53. The summed E-state index contributed by atoms with van der Waals surface area (Å²) in [6, 6.07) is 2.32. The molecule has 0 spiro atoms. The van der Waals surface area contributed by atoms with Crippen molar-refractivity contribution in [3.63, 3.8) is 0 Å². The van der Waals surface area contributed by atoms with Crippen molar-refractivity contribution in [1.29, 1.82) is 5.26 Å². The minimum Gasteiger partial charge on any atom is -0.337 e. The molecule has 19 heavy (non-hydrogen) atoms. The molecule has 0 saturated heterocycles. The van der Waals surface area contributed by atoms with E-state index in [1.54, 1.807) is 0 Å². The summed E-state index contributed by atoms with van der Waals surface area (Å²) in [6.45, 7) is 5.67. The Kier molecular flexibility index (Phi) is 6.30. The Morgan fingerprint density at radius 1 is 1.37 bits per heavy atom. The third-order valence-corrected chi connectivity index (χ3v) is 3.80. The second-order valence-electron chi connectivity index (χ2n) is 6.22. The normalized spacial score (nSPS) is 18.3. The number of nitriles is 1. The maximum atomic E-state index is 12.0. The van der Waals surface area contributed by atoms with E-state index in [2.05, 4.69) is 25.2 Å². The summed E-state index contributed by atoms with van der Waals surface area (Å²) in [5, 5.41) is 12.3. The molecule has 0 unspecified atom stereocenters. The topological polar surface area (TPSA) is 56.1 Å². The molecule has 1 amide bonds. The molecule has 1 saturated carbocycles. The first-order valence-electron chi connectivity index (χ1n) is 7.38. The molecular weight excluding hydrogens is 238 g/mol. The molecule has 0 aromatic rings. The highest BCUT2D eigenvalue weighted by Crippen LogP contribution is 2.27. The van der Waals surface area contributed by atoms with Crippen LogP contribution in [0.4, 0.5) is 0 Å². The summed E-state index contributed by atoms with van der Waals surface area (Å²) in [5.41, 5.74) is -0.603. The van der Waals surface area contributed by atoms with Crippen molar-refractivity contribution in [1.82, 2.24) is 10.2 Å². The number of carbonyl (C=O) groups is 1. The van der Waals surface area contributed by atoms with Crippen molar-refractivity contribution in [3.05, 3.63) is 0 Å². The molecular formula is C15H27N3O. The van der Waals surface area contributed by atoms with Crippen molar-refractivity contribution in [2.45, 2.75) is 57.9 Å². The SMILES string of the molecule is CC(C)CCN(C)CC(=O)NC1(C#N)CCCCC1. The van der Waals surface area contributed by atoms with Crippen LogP contribution < -0.4 is 5.32 Å². The minimum absolute atomic E-state index is 0.0188. The molecule has 0 radical (unpaired) electrons. The van der Waals surface area contributed by atoms with Crippen LogP contribution in [0.25, 0.3) is 0 Å². The Hall–Kier alpha value is -1.08. The third-order valence-electron chi connectivity index (χ3n) is 3.80. The Morgan fingerprint density at radius 3 is 2.53 bits per heavy atom. The summed E-state index contributed by atoms with van der Waals surface area (Å²) in [7, 11) is 1.96. The van der Waals surface area contributed by atoms with Crippen LogP contribution in [0.15, 0.2) is 0 Å². The van der Waals surface area contributed by atoms with Crippen molar-refractivity contribution < 1.29 is 4.79 Å². The van der Waals surface area contributed by atoms with E-state index in [0.29, 0.717) is 12.5 Å². The molecule has 1 N–H and O–H groups in total. The molecule has 0 aromatic heterocycles. The number of amides is 1. The van der Waals surface area contributed by atoms with Crippen molar-refractivity contribution >= 4 is 5.91 Å². The standard InChI is InChI=1S/C15H27N3O/c1-13(2)7-10-18(3)11-14(19)17-15(12-16)8-5-4-6-9-15/h13H,4-11H2,1-3H3,(H,17,19). The minimum atomic E-state index is -0.603. The molecule has 0 aliphatic heterocycles. The van der Waals surface area contributed by atoms with Crippen molar-refractivity contribution in [2.75, 3.05) is 20.1 Å². The zero-order valence-electron chi connectivity index (χ0n) is 12.5. The number of rotatable bonds is 6. The summed E-state index contributed by atoms with van der Waals surface area (Å²) in [4.78, 5) is 14.1. The van der Waals surface area contributed by atoms with Gasteiger partial charge in [-0.2, -0.15) is 5.26 Å². The maximum absolute atomic E-state index is 12.0. The molecule has 4 heteroatoms. The van der Waals surface area contributed by atoms with E-state index in [1.165, 1.54) is 6.42 Å². The fraction of sp³-hybridized carbons (Fsp3) is 0.867. The number of nitrogens with zero attached hydrogens (tertiary/aromatic N) is 2. The summed E-state index contributed by atoms with van der Waals surface area (Å²) < 4.78 is 0. The molecule has 1 aliphatic carbocycles. The second kappa shape index (κ2) is 7.49. The first kappa shape index (κ1) is 16.0. The van der Waals surface area contributed by atoms with Gasteiger partial charge in [0.05, 0.1) is 12.6 Å². The molecule has 0 atom stereocenters. The summed E-state index contributed by atoms with van der Waals surface area (Å²) in [6.07, 6.45) is 5.94. The number of nitrogens with one attached hydrogen (secondary N) is 1. The first-order valence-corrected chi connectivity index (χ1v) is 7.38. The Morgan fingerprint density at radius 2 is 2.00 bits per heavy atom.